The molecule has 0 spiro atoms. The lowest BCUT2D eigenvalue weighted by Gasteiger charge is -2.39. The number of carbonyl (C=O) groups is 1. The van der Waals surface area contributed by atoms with Crippen LogP contribution in [0.15, 0.2) is 24.3 Å². The largest absolute Gasteiger partial charge is 0.404 e. The summed E-state index contributed by atoms with van der Waals surface area (Å²) >= 11 is 5.85. The Morgan fingerprint density at radius 1 is 1.24 bits per heavy atom. The van der Waals surface area contributed by atoms with E-state index in [-0.39, 0.29) is 10.8 Å². The molecular weight excluding hydrogens is 304 g/mol. The molecule has 21 heavy (non-hydrogen) atoms. The van der Waals surface area contributed by atoms with Gasteiger partial charge in [0.1, 0.15) is 12.2 Å². The summed E-state index contributed by atoms with van der Waals surface area (Å²) in [6.07, 6.45) is -1.82. The van der Waals surface area contributed by atoms with E-state index in [2.05, 4.69) is 33.9 Å². The highest BCUT2D eigenvalue weighted by molar-refractivity contribution is 6.74. The molecule has 0 unspecified atom stereocenters. The average Bonchev–Trinajstić information content (AvgIpc) is 2.34. The smallest absolute Gasteiger partial charge is 0.193 e. The van der Waals surface area contributed by atoms with E-state index in [0.717, 1.165) is 0 Å². The van der Waals surface area contributed by atoms with Crippen LogP contribution in [0, 0.1) is 0 Å². The SMILES string of the molecule is CC(=O)[C@@H](O[Si](C)(C)C(C)(C)C)[C@H](O)c1ccc(Cl)cc1. The van der Waals surface area contributed by atoms with Gasteiger partial charge in [0.25, 0.3) is 0 Å². The van der Waals surface area contributed by atoms with Crippen molar-refractivity contribution in [2.45, 2.75) is 58.0 Å². The monoisotopic (exact) mass is 328 g/mol. The quantitative estimate of drug-likeness (QED) is 0.817. The van der Waals surface area contributed by atoms with Gasteiger partial charge in [0, 0.05) is 5.02 Å². The summed E-state index contributed by atoms with van der Waals surface area (Å²) in [6, 6.07) is 6.84. The minimum atomic E-state index is -2.14. The molecule has 0 fully saturated rings. The van der Waals surface area contributed by atoms with Crippen LogP contribution in [0.5, 0.6) is 0 Å². The third-order valence-electron chi connectivity index (χ3n) is 4.13. The number of aliphatic hydroxyl groups excluding tert-OH is 1. The van der Waals surface area contributed by atoms with Crippen LogP contribution < -0.4 is 0 Å². The first kappa shape index (κ1) is 18.4. The van der Waals surface area contributed by atoms with E-state index in [0.29, 0.717) is 10.6 Å². The van der Waals surface area contributed by atoms with Gasteiger partial charge in [-0.25, -0.2) is 0 Å². The lowest BCUT2D eigenvalue weighted by molar-refractivity contribution is -0.129. The molecule has 5 heteroatoms. The maximum absolute atomic E-state index is 11.9. The summed E-state index contributed by atoms with van der Waals surface area (Å²) in [5.41, 5.74) is 0.637. The molecule has 0 radical (unpaired) electrons. The third-order valence-corrected chi connectivity index (χ3v) is 8.83. The van der Waals surface area contributed by atoms with Gasteiger partial charge < -0.3 is 9.53 Å². The number of ketones is 1. The first-order chi connectivity index (χ1) is 9.45. The van der Waals surface area contributed by atoms with Crippen molar-refractivity contribution >= 4 is 25.7 Å². The van der Waals surface area contributed by atoms with Crippen LogP contribution in [0.4, 0.5) is 0 Å². The molecule has 0 aromatic heterocycles. The molecule has 2 atom stereocenters. The van der Waals surface area contributed by atoms with Crippen molar-refractivity contribution in [1.29, 1.82) is 0 Å². The van der Waals surface area contributed by atoms with Crippen molar-refractivity contribution in [3.8, 4) is 0 Å². The number of Topliss-reactive ketones (excluding diaryl/α,β-unsaturated/α-hetero) is 1. The lowest BCUT2D eigenvalue weighted by Crippen LogP contribution is -2.47. The van der Waals surface area contributed by atoms with Crippen molar-refractivity contribution in [2.24, 2.45) is 0 Å². The van der Waals surface area contributed by atoms with Crippen LogP contribution in [0.3, 0.4) is 0 Å². The summed E-state index contributed by atoms with van der Waals surface area (Å²) in [6.45, 7) is 11.9. The van der Waals surface area contributed by atoms with Crippen LogP contribution in [-0.2, 0) is 9.22 Å². The van der Waals surface area contributed by atoms with Gasteiger partial charge >= 0.3 is 0 Å². The Balaban J connectivity index is 3.02. The fourth-order valence-corrected chi connectivity index (χ4v) is 3.11. The summed E-state index contributed by atoms with van der Waals surface area (Å²) in [7, 11) is -2.14. The molecule has 0 bridgehead atoms. The van der Waals surface area contributed by atoms with E-state index in [4.69, 9.17) is 16.0 Å². The molecule has 0 aliphatic heterocycles. The minimum absolute atomic E-state index is 0.0274. The van der Waals surface area contributed by atoms with E-state index < -0.39 is 20.5 Å². The van der Waals surface area contributed by atoms with E-state index in [1.165, 1.54) is 6.92 Å². The Morgan fingerprint density at radius 2 is 1.71 bits per heavy atom. The molecule has 0 amide bonds. The highest BCUT2D eigenvalue weighted by atomic mass is 35.5. The standard InChI is InChI=1S/C16H25ClO3Si/c1-11(18)15(20-21(5,6)16(2,3)4)14(19)12-7-9-13(17)10-8-12/h7-10,14-15,19H,1-6H3/t14-,15-/m1/s1. The zero-order valence-corrected chi connectivity index (χ0v) is 15.4. The van der Waals surface area contributed by atoms with Gasteiger partial charge in [-0.2, -0.15) is 0 Å². The van der Waals surface area contributed by atoms with Crippen molar-refractivity contribution in [1.82, 2.24) is 0 Å². The van der Waals surface area contributed by atoms with Crippen LogP contribution in [0.2, 0.25) is 23.2 Å². The summed E-state index contributed by atoms with van der Waals surface area (Å²) in [5.74, 6) is -0.165. The zero-order chi connectivity index (χ0) is 16.4. The predicted octanol–water partition coefficient (Wildman–Crippen LogP) is 4.35. The second-order valence-corrected chi connectivity index (χ2v) is 12.1. The molecule has 1 rings (SSSR count). The normalized spacial score (nSPS) is 15.6. The van der Waals surface area contributed by atoms with Gasteiger partial charge in [-0.3, -0.25) is 4.79 Å². The summed E-state index contributed by atoms with van der Waals surface area (Å²) < 4.78 is 6.12. The topological polar surface area (TPSA) is 46.5 Å². The Hall–Kier alpha value is -0.683. The van der Waals surface area contributed by atoms with Crippen LogP contribution in [0.1, 0.15) is 39.4 Å². The van der Waals surface area contributed by atoms with E-state index in [9.17, 15) is 9.90 Å². The second-order valence-electron chi connectivity index (χ2n) is 6.91. The van der Waals surface area contributed by atoms with Gasteiger partial charge in [-0.15, -0.1) is 0 Å². The van der Waals surface area contributed by atoms with Crippen LogP contribution in [0.25, 0.3) is 0 Å². The minimum Gasteiger partial charge on any atom is -0.404 e. The maximum Gasteiger partial charge on any atom is 0.193 e. The Morgan fingerprint density at radius 3 is 2.10 bits per heavy atom. The fourth-order valence-electron chi connectivity index (χ4n) is 1.70. The molecule has 0 saturated heterocycles. The van der Waals surface area contributed by atoms with Crippen molar-refractivity contribution in [3.05, 3.63) is 34.9 Å². The molecule has 1 aromatic carbocycles. The number of hydrogen-bond acceptors (Lipinski definition) is 3. The zero-order valence-electron chi connectivity index (χ0n) is 13.6. The summed E-state index contributed by atoms with van der Waals surface area (Å²) in [4.78, 5) is 11.9. The van der Waals surface area contributed by atoms with E-state index in [1.807, 2.05) is 0 Å². The maximum atomic E-state index is 11.9. The van der Waals surface area contributed by atoms with Crippen molar-refractivity contribution in [3.63, 3.8) is 0 Å². The first-order valence-corrected chi connectivity index (χ1v) is 10.4. The Kier molecular flexibility index (Phi) is 5.78. The molecule has 118 valence electrons. The van der Waals surface area contributed by atoms with Gasteiger partial charge in [0.05, 0.1) is 0 Å². The molecular formula is C16H25ClO3Si. The van der Waals surface area contributed by atoms with Gasteiger partial charge in [-0.05, 0) is 42.8 Å². The van der Waals surface area contributed by atoms with Crippen molar-refractivity contribution in [2.75, 3.05) is 0 Å². The molecule has 0 heterocycles. The molecule has 0 saturated carbocycles. The van der Waals surface area contributed by atoms with Gasteiger partial charge in [0.15, 0.2) is 14.1 Å². The number of carbonyl (C=O) groups excluding carboxylic acids is 1. The van der Waals surface area contributed by atoms with Gasteiger partial charge in [0.2, 0.25) is 0 Å². The molecule has 1 aromatic rings. The molecule has 0 aliphatic rings. The highest BCUT2D eigenvalue weighted by Gasteiger charge is 2.42. The predicted molar refractivity (Wildman–Crippen MR) is 89.2 cm³/mol. The number of rotatable bonds is 5. The molecule has 3 nitrogen and oxygen atoms in total. The van der Waals surface area contributed by atoms with Crippen LogP contribution >= 0.6 is 11.6 Å². The van der Waals surface area contributed by atoms with Crippen molar-refractivity contribution < 1.29 is 14.3 Å². The number of halogens is 1. The first-order valence-electron chi connectivity index (χ1n) is 7.07. The summed E-state index contributed by atoms with van der Waals surface area (Å²) in [5, 5.41) is 11.1. The van der Waals surface area contributed by atoms with E-state index in [1.54, 1.807) is 24.3 Å². The fraction of sp³-hybridized carbons (Fsp3) is 0.562. The number of hydrogen-bond donors (Lipinski definition) is 1. The third kappa shape index (κ3) is 4.64. The van der Waals surface area contributed by atoms with Crippen LogP contribution in [-0.4, -0.2) is 25.3 Å². The Labute approximate surface area is 133 Å². The average molecular weight is 329 g/mol. The van der Waals surface area contributed by atoms with Gasteiger partial charge in [-0.1, -0.05) is 44.5 Å². The molecule has 1 N–H and O–H groups in total. The lowest BCUT2D eigenvalue weighted by atomic mass is 10.0. The second kappa shape index (κ2) is 6.61. The Bertz CT molecular complexity index is 491. The molecule has 0 aliphatic carbocycles. The van der Waals surface area contributed by atoms with E-state index >= 15 is 0 Å². The number of benzene rings is 1. The number of aliphatic hydroxyl groups is 1. The highest BCUT2D eigenvalue weighted by Crippen LogP contribution is 2.39.